The molecule has 0 N–H and O–H groups in total. The number of aryl methyl sites for hydroxylation is 1. The van der Waals surface area contributed by atoms with E-state index in [1.54, 1.807) is 17.1 Å². The van der Waals surface area contributed by atoms with E-state index in [-0.39, 0.29) is 12.5 Å². The molecule has 270 valence electrons. The maximum absolute atomic E-state index is 13.3. The third kappa shape index (κ3) is 9.88. The Morgan fingerprint density at radius 1 is 0.692 bits per heavy atom. The maximum atomic E-state index is 13.3. The molecule has 9 heteroatoms. The minimum atomic E-state index is 0.0315. The van der Waals surface area contributed by atoms with Gasteiger partial charge < -0.3 is 28.4 Å². The number of carbonyl (C=O) groups is 1. The minimum Gasteiger partial charge on any atom is -0.491 e. The molecule has 4 bridgehead atoms. The predicted octanol–water partition coefficient (Wildman–Crippen LogP) is 6.22. The number of hydrogen-bond donors (Lipinski definition) is 0. The summed E-state index contributed by atoms with van der Waals surface area (Å²) in [6.07, 6.45) is 6.71. The van der Waals surface area contributed by atoms with Crippen LogP contribution in [0.1, 0.15) is 44.5 Å². The SMILES string of the molecule is Cc1ccc2c(c1)Cc1cccc(c1)CN(Cc1ccc3c(c1)Cc1cccc(c1)CN(C(=O)Cn1ccnc1)CCOCCO3)CCOCCO2. The molecule has 52 heavy (non-hydrogen) atoms. The lowest BCUT2D eigenvalue weighted by molar-refractivity contribution is -0.133. The molecule has 1 aromatic heterocycles. The second-order valence-electron chi connectivity index (χ2n) is 13.7. The molecule has 4 aromatic carbocycles. The van der Waals surface area contributed by atoms with Crippen LogP contribution in [0.2, 0.25) is 0 Å². The first-order valence-corrected chi connectivity index (χ1v) is 18.3. The zero-order valence-corrected chi connectivity index (χ0v) is 30.0. The monoisotopic (exact) mass is 700 g/mol. The largest absolute Gasteiger partial charge is 0.491 e. The molecular formula is C43H48N4O5. The summed E-state index contributed by atoms with van der Waals surface area (Å²) in [6.45, 7) is 8.78. The van der Waals surface area contributed by atoms with E-state index in [0.29, 0.717) is 59.2 Å². The van der Waals surface area contributed by atoms with Gasteiger partial charge in [-0.25, -0.2) is 4.98 Å². The van der Waals surface area contributed by atoms with E-state index >= 15 is 0 Å². The van der Waals surface area contributed by atoms with E-state index in [4.69, 9.17) is 18.9 Å². The average molecular weight is 701 g/mol. The first kappa shape index (κ1) is 35.4. The Kier molecular flexibility index (Phi) is 11.9. The van der Waals surface area contributed by atoms with Crippen LogP contribution in [0.15, 0.2) is 104 Å². The summed E-state index contributed by atoms with van der Waals surface area (Å²) in [5, 5.41) is 0. The number of rotatable bonds is 4. The summed E-state index contributed by atoms with van der Waals surface area (Å²) in [6, 6.07) is 30.4. The van der Waals surface area contributed by atoms with Crippen molar-refractivity contribution in [3.05, 3.63) is 148 Å². The quantitative estimate of drug-likeness (QED) is 0.220. The van der Waals surface area contributed by atoms with Crippen LogP contribution in [-0.4, -0.2) is 78.0 Å². The number of fused-ring (bicyclic) bond motifs is 6. The van der Waals surface area contributed by atoms with Crippen molar-refractivity contribution in [2.24, 2.45) is 0 Å². The Balaban J connectivity index is 1.09. The van der Waals surface area contributed by atoms with E-state index in [0.717, 1.165) is 48.7 Å². The van der Waals surface area contributed by atoms with E-state index in [9.17, 15) is 4.79 Å². The fourth-order valence-electron chi connectivity index (χ4n) is 6.99. The second kappa shape index (κ2) is 17.5. The van der Waals surface area contributed by atoms with E-state index in [1.165, 1.54) is 33.4 Å². The first-order valence-electron chi connectivity index (χ1n) is 18.3. The average Bonchev–Trinajstić information content (AvgIpc) is 3.65. The van der Waals surface area contributed by atoms with Crippen LogP contribution < -0.4 is 9.47 Å². The molecule has 2 aliphatic heterocycles. The summed E-state index contributed by atoms with van der Waals surface area (Å²) in [5.41, 5.74) is 9.60. The fraction of sp³-hybridized carbons (Fsp3) is 0.349. The third-order valence-corrected chi connectivity index (χ3v) is 9.56. The Morgan fingerprint density at radius 2 is 1.35 bits per heavy atom. The smallest absolute Gasteiger partial charge is 0.242 e. The topological polar surface area (TPSA) is 78.3 Å². The summed E-state index contributed by atoms with van der Waals surface area (Å²) in [7, 11) is 0. The van der Waals surface area contributed by atoms with Gasteiger partial charge in [-0.15, -0.1) is 0 Å². The number of imidazole rings is 1. The lowest BCUT2D eigenvalue weighted by atomic mass is 9.99. The zero-order chi connectivity index (χ0) is 35.5. The van der Waals surface area contributed by atoms with Gasteiger partial charge in [0.25, 0.3) is 0 Å². The highest BCUT2D eigenvalue weighted by atomic mass is 16.5. The molecule has 0 spiro atoms. The molecule has 2 aliphatic rings. The highest BCUT2D eigenvalue weighted by Crippen LogP contribution is 2.27. The van der Waals surface area contributed by atoms with Crippen LogP contribution in [0.5, 0.6) is 11.5 Å². The normalized spacial score (nSPS) is 16.3. The van der Waals surface area contributed by atoms with Crippen molar-refractivity contribution in [3.63, 3.8) is 0 Å². The Labute approximate surface area is 306 Å². The highest BCUT2D eigenvalue weighted by Gasteiger charge is 2.17. The van der Waals surface area contributed by atoms with Gasteiger partial charge in [0.05, 0.1) is 32.8 Å². The lowest BCUT2D eigenvalue weighted by Crippen LogP contribution is -2.36. The molecule has 0 saturated carbocycles. The van der Waals surface area contributed by atoms with Gasteiger partial charge in [-0.3, -0.25) is 9.69 Å². The zero-order valence-electron chi connectivity index (χ0n) is 30.0. The van der Waals surface area contributed by atoms with Gasteiger partial charge in [0, 0.05) is 58.0 Å². The molecule has 5 aromatic rings. The number of aromatic nitrogens is 2. The number of benzene rings is 4. The van der Waals surface area contributed by atoms with Gasteiger partial charge in [-0.2, -0.15) is 0 Å². The molecule has 3 heterocycles. The van der Waals surface area contributed by atoms with Crippen molar-refractivity contribution in [3.8, 4) is 11.5 Å². The Hall–Kier alpha value is -4.96. The molecule has 0 radical (unpaired) electrons. The van der Waals surface area contributed by atoms with E-state index < -0.39 is 0 Å². The molecule has 0 atom stereocenters. The number of hydrogen-bond acceptors (Lipinski definition) is 7. The first-order chi connectivity index (χ1) is 25.5. The van der Waals surface area contributed by atoms with Gasteiger partial charge >= 0.3 is 0 Å². The minimum absolute atomic E-state index is 0.0315. The third-order valence-electron chi connectivity index (χ3n) is 9.56. The van der Waals surface area contributed by atoms with Crippen molar-refractivity contribution in [1.82, 2.24) is 19.4 Å². The van der Waals surface area contributed by atoms with Crippen LogP contribution in [-0.2, 0) is 53.3 Å². The Bertz CT molecular complexity index is 1930. The fourth-order valence-corrected chi connectivity index (χ4v) is 6.99. The van der Waals surface area contributed by atoms with Crippen LogP contribution in [0.25, 0.3) is 0 Å². The molecule has 0 unspecified atom stereocenters. The van der Waals surface area contributed by atoms with Crippen molar-refractivity contribution in [1.29, 1.82) is 0 Å². The van der Waals surface area contributed by atoms with Crippen LogP contribution in [0, 0.1) is 6.92 Å². The summed E-state index contributed by atoms with van der Waals surface area (Å²) >= 11 is 0. The predicted molar refractivity (Wildman–Crippen MR) is 201 cm³/mol. The number of amides is 1. The molecule has 7 rings (SSSR count). The van der Waals surface area contributed by atoms with Gasteiger partial charge in [0.2, 0.25) is 5.91 Å². The summed E-state index contributed by atoms with van der Waals surface area (Å²) in [5.74, 6) is 1.84. The van der Waals surface area contributed by atoms with Crippen molar-refractivity contribution in [2.75, 3.05) is 52.7 Å². The number of ether oxygens (including phenoxy) is 4. The van der Waals surface area contributed by atoms with Crippen molar-refractivity contribution in [2.45, 2.75) is 45.9 Å². The van der Waals surface area contributed by atoms with Crippen LogP contribution in [0.4, 0.5) is 0 Å². The number of carbonyl (C=O) groups excluding carboxylic acids is 1. The van der Waals surface area contributed by atoms with Crippen molar-refractivity contribution >= 4 is 5.91 Å². The van der Waals surface area contributed by atoms with Crippen LogP contribution >= 0.6 is 0 Å². The summed E-state index contributed by atoms with van der Waals surface area (Å²) < 4.78 is 26.3. The number of nitrogens with zero attached hydrogens (tertiary/aromatic N) is 4. The van der Waals surface area contributed by atoms with E-state index in [1.807, 2.05) is 11.1 Å². The van der Waals surface area contributed by atoms with Crippen molar-refractivity contribution < 1.29 is 23.7 Å². The molecule has 0 aliphatic carbocycles. The standard InChI is InChI=1S/C43H48N4O5/c1-33-8-10-41-39(22-33)25-34-4-2-6-36(23-34)28-45(14-16-49-18-20-51-41)29-38-9-11-42-40(27-38)26-35-5-3-7-37(24-35)30-47(15-17-50-19-21-52-42)43(48)31-46-13-12-44-32-46/h2-13,22-24,27,32H,14-21,25-26,28-31H2,1H3. The lowest BCUT2D eigenvalue weighted by Gasteiger charge is -2.25. The van der Waals surface area contributed by atoms with Gasteiger partial charge in [0.15, 0.2) is 0 Å². The van der Waals surface area contributed by atoms with Gasteiger partial charge in [-0.1, -0.05) is 78.4 Å². The molecule has 0 fully saturated rings. The van der Waals surface area contributed by atoms with Gasteiger partial charge in [-0.05, 0) is 58.0 Å². The molecule has 1 amide bonds. The Morgan fingerprint density at radius 3 is 2.06 bits per heavy atom. The second-order valence-corrected chi connectivity index (χ2v) is 13.7. The maximum Gasteiger partial charge on any atom is 0.242 e. The van der Waals surface area contributed by atoms with Crippen LogP contribution in [0.3, 0.4) is 0 Å². The summed E-state index contributed by atoms with van der Waals surface area (Å²) in [4.78, 5) is 21.7. The highest BCUT2D eigenvalue weighted by molar-refractivity contribution is 5.76. The molecule has 9 nitrogen and oxygen atoms in total. The molecule has 0 saturated heterocycles. The van der Waals surface area contributed by atoms with E-state index in [2.05, 4.69) is 102 Å². The molecular weight excluding hydrogens is 652 g/mol. The van der Waals surface area contributed by atoms with Gasteiger partial charge in [0.1, 0.15) is 31.3 Å².